The maximum Gasteiger partial charge on any atom is 0.250 e. The van der Waals surface area contributed by atoms with Gasteiger partial charge in [-0.25, -0.2) is 0 Å². The molecule has 0 aromatic carbocycles. The van der Waals surface area contributed by atoms with E-state index in [4.69, 9.17) is 13.6 Å². The minimum atomic E-state index is -1.94. The van der Waals surface area contributed by atoms with Crippen LogP contribution in [0.25, 0.3) is 0 Å². The van der Waals surface area contributed by atoms with Gasteiger partial charge in [-0.3, -0.25) is 0 Å². The van der Waals surface area contributed by atoms with Crippen LogP contribution in [-0.4, -0.2) is 35.4 Å². The molecule has 4 atom stereocenters. The van der Waals surface area contributed by atoms with Crippen molar-refractivity contribution in [2.75, 3.05) is 13.2 Å². The van der Waals surface area contributed by atoms with Crippen molar-refractivity contribution in [3.8, 4) is 0 Å². The highest BCUT2D eigenvalue weighted by molar-refractivity contribution is 6.74. The normalized spacial score (nSPS) is 33.1. The Bertz CT molecular complexity index is 769. The second-order valence-corrected chi connectivity index (χ2v) is 24.8. The lowest BCUT2D eigenvalue weighted by molar-refractivity contribution is -0.122. The molecule has 0 aromatic rings. The van der Waals surface area contributed by atoms with E-state index in [1.807, 2.05) is 0 Å². The Balaban J connectivity index is 1.99. The van der Waals surface area contributed by atoms with Gasteiger partial charge in [0.2, 0.25) is 8.32 Å². The van der Waals surface area contributed by atoms with Crippen molar-refractivity contribution in [1.82, 2.24) is 0 Å². The van der Waals surface area contributed by atoms with Crippen LogP contribution in [-0.2, 0) is 13.6 Å². The van der Waals surface area contributed by atoms with Crippen LogP contribution < -0.4 is 0 Å². The zero-order chi connectivity index (χ0) is 25.3. The molecule has 1 aliphatic heterocycles. The second kappa shape index (κ2) is 8.49. The maximum atomic E-state index is 7.15. The van der Waals surface area contributed by atoms with Crippen molar-refractivity contribution in [2.45, 2.75) is 130 Å². The van der Waals surface area contributed by atoms with Crippen molar-refractivity contribution in [2.24, 2.45) is 23.2 Å². The molecule has 0 N–H and O–H groups in total. The Morgan fingerprint density at radius 2 is 1.52 bits per heavy atom. The van der Waals surface area contributed by atoms with E-state index in [0.29, 0.717) is 23.2 Å². The van der Waals surface area contributed by atoms with E-state index in [9.17, 15) is 0 Å². The van der Waals surface area contributed by atoms with E-state index in [0.717, 1.165) is 19.6 Å². The van der Waals surface area contributed by atoms with Gasteiger partial charge in [0, 0.05) is 13.0 Å². The van der Waals surface area contributed by atoms with Crippen LogP contribution in [0.4, 0.5) is 0 Å². The molecule has 192 valence electrons. The largest absolute Gasteiger partial charge is 0.546 e. The van der Waals surface area contributed by atoms with Crippen LogP contribution in [0, 0.1) is 23.2 Å². The standard InChI is InChI=1S/C28H54O3Si2/c1-25(2,3)32(10,11)30-18-20-16-24(31-33(12,13)26(4,5)6)22-19-29-27(7,8)23-14-15-28(20,9)17-21(22)23/h20-21,23H,14-19H2,1-13H3/t20-,21-,23-,28+/m1/s1. The van der Waals surface area contributed by atoms with E-state index >= 15 is 0 Å². The molecule has 0 aromatic heterocycles. The van der Waals surface area contributed by atoms with Gasteiger partial charge in [-0.05, 0) is 98.1 Å². The van der Waals surface area contributed by atoms with Crippen LogP contribution in [0.1, 0.15) is 88.0 Å². The first-order chi connectivity index (χ1) is 14.7. The van der Waals surface area contributed by atoms with E-state index in [-0.39, 0.29) is 15.7 Å². The van der Waals surface area contributed by atoms with Crippen molar-refractivity contribution >= 4 is 16.6 Å². The summed E-state index contributed by atoms with van der Waals surface area (Å²) in [4.78, 5) is 0. The quantitative estimate of drug-likeness (QED) is 0.358. The number of ether oxygens (including phenoxy) is 1. The highest BCUT2D eigenvalue weighted by Crippen LogP contribution is 2.59. The fourth-order valence-corrected chi connectivity index (χ4v) is 7.91. The Morgan fingerprint density at radius 3 is 2.06 bits per heavy atom. The van der Waals surface area contributed by atoms with Crippen molar-refractivity contribution < 1.29 is 13.6 Å². The fourth-order valence-electron chi connectivity index (χ4n) is 5.72. The molecule has 3 rings (SSSR count). The Kier molecular flexibility index (Phi) is 7.07. The van der Waals surface area contributed by atoms with Crippen molar-refractivity contribution in [1.29, 1.82) is 0 Å². The molecule has 1 saturated carbocycles. The summed E-state index contributed by atoms with van der Waals surface area (Å²) in [5, 5.41) is 0.425. The number of allylic oxidation sites excluding steroid dienone is 1. The summed E-state index contributed by atoms with van der Waals surface area (Å²) in [5.74, 6) is 2.97. The topological polar surface area (TPSA) is 27.7 Å². The number of hydrogen-bond donors (Lipinski definition) is 0. The summed E-state index contributed by atoms with van der Waals surface area (Å²) in [6.07, 6.45) is 4.80. The van der Waals surface area contributed by atoms with E-state index in [1.54, 1.807) is 0 Å². The SMILES string of the molecule is CC1(C)OCC2=C(O[Si](C)(C)C(C)(C)C)C[C@H](CO[Si](C)(C)C(C)(C)C)[C@@]3(C)CC[C@@H]1[C@@H]2C3. The smallest absolute Gasteiger partial charge is 0.250 e. The number of rotatable bonds is 5. The van der Waals surface area contributed by atoms with Crippen molar-refractivity contribution in [3.05, 3.63) is 11.3 Å². The molecule has 2 bridgehead atoms. The Labute approximate surface area is 207 Å². The summed E-state index contributed by atoms with van der Waals surface area (Å²) in [7, 11) is -3.74. The molecule has 1 heterocycles. The predicted molar refractivity (Wildman–Crippen MR) is 146 cm³/mol. The summed E-state index contributed by atoms with van der Waals surface area (Å²) >= 11 is 0. The first-order valence-corrected chi connectivity index (χ1v) is 19.2. The van der Waals surface area contributed by atoms with Gasteiger partial charge in [0.1, 0.15) is 0 Å². The van der Waals surface area contributed by atoms with E-state index in [1.165, 1.54) is 30.6 Å². The van der Waals surface area contributed by atoms with Crippen LogP contribution in [0.3, 0.4) is 0 Å². The molecular formula is C28H54O3Si2. The lowest BCUT2D eigenvalue weighted by Crippen LogP contribution is -2.50. The predicted octanol–water partition coefficient (Wildman–Crippen LogP) is 8.54. The average molecular weight is 495 g/mol. The summed E-state index contributed by atoms with van der Waals surface area (Å²) in [5.41, 5.74) is 1.75. The average Bonchev–Trinajstić information content (AvgIpc) is 2.70. The van der Waals surface area contributed by atoms with Gasteiger partial charge >= 0.3 is 0 Å². The van der Waals surface area contributed by atoms with Gasteiger partial charge in [-0.2, -0.15) is 0 Å². The molecule has 33 heavy (non-hydrogen) atoms. The zero-order valence-electron chi connectivity index (χ0n) is 24.2. The highest BCUT2D eigenvalue weighted by Gasteiger charge is 2.54. The third-order valence-corrected chi connectivity index (χ3v) is 19.4. The monoisotopic (exact) mass is 494 g/mol. The first-order valence-electron chi connectivity index (χ1n) is 13.4. The molecule has 3 aliphatic rings. The molecule has 0 spiro atoms. The molecule has 5 heteroatoms. The lowest BCUT2D eigenvalue weighted by Gasteiger charge is -2.53. The maximum absolute atomic E-state index is 7.15. The zero-order valence-corrected chi connectivity index (χ0v) is 26.2. The molecule has 2 fully saturated rings. The van der Waals surface area contributed by atoms with Crippen molar-refractivity contribution in [3.63, 3.8) is 0 Å². The van der Waals surface area contributed by atoms with Crippen LogP contribution in [0.15, 0.2) is 11.3 Å². The summed E-state index contributed by atoms with van der Waals surface area (Å²) < 4.78 is 20.6. The van der Waals surface area contributed by atoms with Gasteiger partial charge in [0.25, 0.3) is 0 Å². The number of fused-ring (bicyclic) bond motifs is 1. The van der Waals surface area contributed by atoms with Gasteiger partial charge in [0.05, 0.1) is 18.0 Å². The first kappa shape index (κ1) is 27.5. The van der Waals surface area contributed by atoms with Gasteiger partial charge in [0.15, 0.2) is 8.32 Å². The van der Waals surface area contributed by atoms with E-state index in [2.05, 4.69) is 88.5 Å². The van der Waals surface area contributed by atoms with Gasteiger partial charge in [-0.1, -0.05) is 48.5 Å². The minimum Gasteiger partial charge on any atom is -0.546 e. The van der Waals surface area contributed by atoms with Gasteiger partial charge < -0.3 is 13.6 Å². The highest BCUT2D eigenvalue weighted by atomic mass is 28.4. The third-order valence-electron chi connectivity index (χ3n) is 10.6. The van der Waals surface area contributed by atoms with E-state index < -0.39 is 16.6 Å². The molecular weight excluding hydrogens is 440 g/mol. The molecule has 0 radical (unpaired) electrons. The van der Waals surface area contributed by atoms with Crippen LogP contribution >= 0.6 is 0 Å². The number of hydrogen-bond acceptors (Lipinski definition) is 3. The van der Waals surface area contributed by atoms with Crippen LogP contribution in [0.5, 0.6) is 0 Å². The second-order valence-electron chi connectivity index (χ2n) is 15.3. The summed E-state index contributed by atoms with van der Waals surface area (Å²) in [6, 6.07) is 0. The molecule has 1 saturated heterocycles. The molecule has 0 unspecified atom stereocenters. The van der Waals surface area contributed by atoms with Crippen LogP contribution in [0.2, 0.25) is 36.3 Å². The third kappa shape index (κ3) is 5.22. The minimum absolute atomic E-state index is 0.0466. The molecule has 3 nitrogen and oxygen atoms in total. The lowest BCUT2D eigenvalue weighted by atomic mass is 9.57. The Morgan fingerprint density at radius 1 is 0.939 bits per heavy atom. The Hall–Kier alpha value is -0.106. The molecule has 0 amide bonds. The summed E-state index contributed by atoms with van der Waals surface area (Å²) in [6.45, 7) is 32.5. The fraction of sp³-hybridized carbons (Fsp3) is 0.929. The van der Waals surface area contributed by atoms with Gasteiger partial charge in [-0.15, -0.1) is 0 Å². The molecule has 2 aliphatic carbocycles.